The molecule has 1 amide bonds. The molecule has 2 aliphatic rings. The summed E-state index contributed by atoms with van der Waals surface area (Å²) in [5.74, 6) is -1.25. The van der Waals surface area contributed by atoms with Crippen molar-refractivity contribution >= 4 is 40.6 Å². The first-order valence-corrected chi connectivity index (χ1v) is 16.6. The number of thiazole rings is 1. The molecule has 6 heterocycles. The number of nitriles is 1. The number of nitrogens with one attached hydrogen (secondary N) is 2. The number of anilines is 2. The van der Waals surface area contributed by atoms with E-state index in [1.54, 1.807) is 24.5 Å². The zero-order chi connectivity index (χ0) is 34.1. The number of ether oxygens (including phenoxy) is 1. The maximum atomic E-state index is 13.5. The summed E-state index contributed by atoms with van der Waals surface area (Å²) in [7, 11) is 0. The van der Waals surface area contributed by atoms with Crippen molar-refractivity contribution in [1.29, 1.82) is 5.26 Å². The molecule has 0 spiro atoms. The quantitative estimate of drug-likeness (QED) is 0.153. The summed E-state index contributed by atoms with van der Waals surface area (Å²) in [6.07, 6.45) is 5.50. The summed E-state index contributed by atoms with van der Waals surface area (Å²) in [6, 6.07) is 12.3. The highest BCUT2D eigenvalue weighted by Crippen LogP contribution is 2.30. The number of carbonyl (C=O) groups excluding carboxylic acids is 2. The number of fused-ring (bicyclic) bond motifs is 1. The number of aromatic nitrogens is 5. The molecule has 2 fully saturated rings. The van der Waals surface area contributed by atoms with Crippen molar-refractivity contribution in [3.05, 3.63) is 76.4 Å². The smallest absolute Gasteiger partial charge is 0.398 e. The molecule has 1 aromatic carbocycles. The van der Waals surface area contributed by atoms with Crippen LogP contribution in [0.1, 0.15) is 22.5 Å². The number of nitrogens with zero attached hydrogens (tertiary/aromatic N) is 8. The number of aryl methyl sites for hydroxylation is 1. The van der Waals surface area contributed by atoms with Crippen LogP contribution in [0.2, 0.25) is 0 Å². The van der Waals surface area contributed by atoms with Crippen molar-refractivity contribution in [1.82, 2.24) is 34.6 Å². The van der Waals surface area contributed by atoms with Gasteiger partial charge in [-0.1, -0.05) is 6.92 Å². The number of amides is 1. The summed E-state index contributed by atoms with van der Waals surface area (Å²) in [6.45, 7) is 5.48. The Morgan fingerprint density at radius 3 is 2.53 bits per heavy atom. The predicted octanol–water partition coefficient (Wildman–Crippen LogP) is 2.55. The first-order valence-electron chi connectivity index (χ1n) is 15.8. The van der Waals surface area contributed by atoms with E-state index in [1.807, 2.05) is 34.6 Å². The minimum atomic E-state index is -1.13. The molecular weight excluding hydrogens is 650 g/mol. The van der Waals surface area contributed by atoms with Crippen LogP contribution in [0.25, 0.3) is 28.0 Å². The van der Waals surface area contributed by atoms with Gasteiger partial charge in [0.15, 0.2) is 6.23 Å². The number of nitrogens with two attached hydrogens (primary N) is 1. The molecule has 2 aliphatic heterocycles. The Balaban J connectivity index is 1.09. The Morgan fingerprint density at radius 1 is 1.10 bits per heavy atom. The number of primary amides is 1. The van der Waals surface area contributed by atoms with Crippen LogP contribution in [0.15, 0.2) is 55.0 Å². The van der Waals surface area contributed by atoms with Crippen molar-refractivity contribution in [2.75, 3.05) is 42.9 Å². The van der Waals surface area contributed by atoms with Crippen LogP contribution < -0.4 is 21.3 Å². The number of piperazine rings is 1. The predicted molar refractivity (Wildman–Crippen MR) is 180 cm³/mol. The zero-order valence-electron chi connectivity index (χ0n) is 26.5. The van der Waals surface area contributed by atoms with Gasteiger partial charge in [0, 0.05) is 67.5 Å². The van der Waals surface area contributed by atoms with E-state index in [1.165, 1.54) is 23.5 Å². The molecule has 7 rings (SSSR count). The van der Waals surface area contributed by atoms with Crippen LogP contribution >= 0.6 is 11.3 Å². The lowest BCUT2D eigenvalue weighted by atomic mass is 10.1. The molecule has 0 saturated carbocycles. The van der Waals surface area contributed by atoms with Crippen molar-refractivity contribution in [2.45, 2.75) is 32.2 Å². The van der Waals surface area contributed by atoms with Gasteiger partial charge in [-0.15, -0.1) is 11.3 Å². The molecule has 250 valence electrons. The second-order valence-electron chi connectivity index (χ2n) is 11.7. The van der Waals surface area contributed by atoms with E-state index in [0.29, 0.717) is 59.7 Å². The van der Waals surface area contributed by atoms with Crippen molar-refractivity contribution in [3.63, 3.8) is 0 Å². The van der Waals surface area contributed by atoms with Crippen LogP contribution in [0.3, 0.4) is 0 Å². The first kappa shape index (κ1) is 32.1. The van der Waals surface area contributed by atoms with Crippen molar-refractivity contribution in [3.8, 4) is 28.5 Å². The number of benzene rings is 1. The lowest BCUT2D eigenvalue weighted by Gasteiger charge is -2.47. The fourth-order valence-electron chi connectivity index (χ4n) is 5.97. The van der Waals surface area contributed by atoms with E-state index in [4.69, 9.17) is 15.5 Å². The summed E-state index contributed by atoms with van der Waals surface area (Å²) < 4.78 is 20.9. The molecule has 0 aliphatic carbocycles. The summed E-state index contributed by atoms with van der Waals surface area (Å²) >= 11 is 1.29. The Hall–Kier alpha value is -5.50. The fraction of sp³-hybridized carbons (Fsp3) is 0.303. The third-order valence-corrected chi connectivity index (χ3v) is 9.59. The molecule has 2 saturated heterocycles. The van der Waals surface area contributed by atoms with Gasteiger partial charge in [-0.25, -0.2) is 29.1 Å². The molecule has 1 atom stereocenters. The Bertz CT molecular complexity index is 2060. The van der Waals surface area contributed by atoms with Gasteiger partial charge in [0.25, 0.3) is 0 Å². The van der Waals surface area contributed by atoms with E-state index < -0.39 is 18.1 Å². The van der Waals surface area contributed by atoms with E-state index in [9.17, 15) is 19.2 Å². The third kappa shape index (κ3) is 6.51. The van der Waals surface area contributed by atoms with Gasteiger partial charge in [0.1, 0.15) is 33.2 Å². The topological polar surface area (TPSA) is 180 Å². The largest absolute Gasteiger partial charge is 0.437 e. The molecule has 14 nitrogen and oxygen atoms in total. The van der Waals surface area contributed by atoms with Gasteiger partial charge in [-0.2, -0.15) is 5.26 Å². The monoisotopic (exact) mass is 681 g/mol. The van der Waals surface area contributed by atoms with Gasteiger partial charge >= 0.3 is 11.9 Å². The van der Waals surface area contributed by atoms with Crippen LogP contribution in [0.5, 0.6) is 0 Å². The number of hydrogen-bond acceptors (Lipinski definition) is 13. The maximum absolute atomic E-state index is 13.5. The lowest BCUT2D eigenvalue weighted by molar-refractivity contribution is -0.169. The minimum Gasteiger partial charge on any atom is -0.437 e. The van der Waals surface area contributed by atoms with Gasteiger partial charge < -0.3 is 26.0 Å². The van der Waals surface area contributed by atoms with Crippen LogP contribution in [0.4, 0.5) is 16.2 Å². The molecule has 1 unspecified atom stereocenters. The zero-order valence-corrected chi connectivity index (χ0v) is 27.3. The second-order valence-corrected chi connectivity index (χ2v) is 12.7. The van der Waals surface area contributed by atoms with Crippen LogP contribution in [-0.2, 0) is 27.3 Å². The second kappa shape index (κ2) is 13.5. The van der Waals surface area contributed by atoms with Crippen LogP contribution in [0, 0.1) is 17.1 Å². The highest BCUT2D eigenvalue weighted by molar-refractivity contribution is 7.12. The number of imidazole rings is 1. The number of esters is 1. The van der Waals surface area contributed by atoms with E-state index >= 15 is 0 Å². The number of carbonyl (C=O) groups is 2. The Kier molecular flexibility index (Phi) is 8.87. The lowest BCUT2D eigenvalue weighted by Crippen LogP contribution is -2.66. The minimum absolute atomic E-state index is 0.206. The molecule has 49 heavy (non-hydrogen) atoms. The van der Waals surface area contributed by atoms with E-state index in [-0.39, 0.29) is 11.9 Å². The van der Waals surface area contributed by atoms with E-state index in [2.05, 4.69) is 36.6 Å². The number of rotatable bonds is 9. The number of hydrogen-bond donors (Lipinski definition) is 3. The molecule has 16 heteroatoms. The Labute approximate surface area is 284 Å². The number of pyridine rings is 1. The van der Waals surface area contributed by atoms with Gasteiger partial charge in [0.2, 0.25) is 5.95 Å². The summed E-state index contributed by atoms with van der Waals surface area (Å²) in [4.78, 5) is 46.7. The third-order valence-electron chi connectivity index (χ3n) is 8.63. The first-order chi connectivity index (χ1) is 23.8. The molecule has 4 aromatic heterocycles. The average molecular weight is 682 g/mol. The van der Waals surface area contributed by atoms with Crippen molar-refractivity contribution < 1.29 is 18.7 Å². The standard InChI is InChI=1S/C33H32FN11O3S/c1-2-24-31(38-16-27-42-29(25(11-35)49-27)19-3-6-22(34)7-4-19)45-17-20(5-8-26(45)41-24)21-12-39-33(40-13-21)43-9-10-44(23-14-37-15-23)28(18-43)48-32(47)30(36)46/h3-8,12-13,17,23,28,37-38H,2,9-10,14-16,18H2,1H3,(H2,36,46). The summed E-state index contributed by atoms with van der Waals surface area (Å²) in [5, 5.41) is 17.1. The summed E-state index contributed by atoms with van der Waals surface area (Å²) in [5.41, 5.74) is 9.68. The van der Waals surface area contributed by atoms with Crippen molar-refractivity contribution in [2.24, 2.45) is 5.73 Å². The molecular formula is C33H32FN11O3S. The molecule has 4 N–H and O–H groups in total. The highest BCUT2D eigenvalue weighted by Gasteiger charge is 2.38. The van der Waals surface area contributed by atoms with E-state index in [0.717, 1.165) is 41.4 Å². The highest BCUT2D eigenvalue weighted by atomic mass is 32.1. The fourth-order valence-corrected chi connectivity index (χ4v) is 6.79. The molecule has 5 aromatic rings. The van der Waals surface area contributed by atoms with Gasteiger partial charge in [0.05, 0.1) is 24.5 Å². The number of halogens is 1. The van der Waals surface area contributed by atoms with Gasteiger partial charge in [-0.05, 0) is 42.8 Å². The normalized spacial score (nSPS) is 16.7. The van der Waals surface area contributed by atoms with Crippen LogP contribution in [-0.4, -0.2) is 86.1 Å². The van der Waals surface area contributed by atoms with Gasteiger partial charge in [-0.3, -0.25) is 14.1 Å². The molecule has 0 radical (unpaired) electrons. The maximum Gasteiger partial charge on any atom is 0.398 e. The molecule has 0 bridgehead atoms. The average Bonchev–Trinajstić information content (AvgIpc) is 3.68. The SMILES string of the molecule is CCc1nc2ccc(-c3cnc(N4CCN(C5CNC5)C(OC(=O)C(N)=O)C4)nc3)cn2c1NCc1nc(-c2ccc(F)cc2)c(C#N)s1. The Morgan fingerprint density at radius 2 is 1.86 bits per heavy atom.